The summed E-state index contributed by atoms with van der Waals surface area (Å²) in [7, 11) is 0. The molecule has 0 aliphatic heterocycles. The third-order valence-electron chi connectivity index (χ3n) is 2.99. The van der Waals surface area contributed by atoms with Crippen LogP contribution in [0.3, 0.4) is 0 Å². The van der Waals surface area contributed by atoms with Crippen LogP contribution in [0.2, 0.25) is 0 Å². The summed E-state index contributed by atoms with van der Waals surface area (Å²) < 4.78 is 11.8. The molecule has 0 radical (unpaired) electrons. The molecule has 2 nitrogen and oxygen atoms in total. The van der Waals surface area contributed by atoms with Gasteiger partial charge in [-0.2, -0.15) is 0 Å². The third-order valence-corrected chi connectivity index (χ3v) is 3.55. The molecule has 0 atom stereocenters. The highest BCUT2D eigenvalue weighted by Gasteiger charge is 2.09. The number of benzene rings is 2. The van der Waals surface area contributed by atoms with Crippen LogP contribution in [-0.4, -0.2) is 18.0 Å². The molecule has 0 amide bonds. The summed E-state index contributed by atoms with van der Waals surface area (Å²) in [6.07, 6.45) is 1.16. The minimum Gasteiger partial charge on any atom is -0.493 e. The molecule has 0 spiro atoms. The lowest BCUT2D eigenvalue weighted by Gasteiger charge is -2.15. The standard InChI is InChI=1S/C17H21BrO2/c1-12(2)20-17-8-7-16(19-10-4-9-18)15-11-13(3)5-6-14(15)17/h5-8,11-12H,4,9-10H2,1-3H3. The van der Waals surface area contributed by atoms with Gasteiger partial charge >= 0.3 is 0 Å². The molecule has 0 N–H and O–H groups in total. The maximum absolute atomic E-state index is 5.89. The quantitative estimate of drug-likeness (QED) is 0.539. The minimum absolute atomic E-state index is 0.166. The number of halogens is 1. The van der Waals surface area contributed by atoms with Crippen LogP contribution in [-0.2, 0) is 0 Å². The number of hydrogen-bond acceptors (Lipinski definition) is 2. The lowest BCUT2D eigenvalue weighted by Crippen LogP contribution is -2.06. The summed E-state index contributed by atoms with van der Waals surface area (Å²) in [5, 5.41) is 3.19. The van der Waals surface area contributed by atoms with Crippen LogP contribution in [0, 0.1) is 6.92 Å². The Morgan fingerprint density at radius 1 is 1.05 bits per heavy atom. The largest absolute Gasteiger partial charge is 0.493 e. The molecule has 20 heavy (non-hydrogen) atoms. The van der Waals surface area contributed by atoms with Gasteiger partial charge in [-0.25, -0.2) is 0 Å². The van der Waals surface area contributed by atoms with Gasteiger partial charge in [0.25, 0.3) is 0 Å². The fourth-order valence-electron chi connectivity index (χ4n) is 2.13. The van der Waals surface area contributed by atoms with Crippen molar-refractivity contribution in [1.82, 2.24) is 0 Å². The number of fused-ring (bicyclic) bond motifs is 1. The van der Waals surface area contributed by atoms with Gasteiger partial charge in [-0.1, -0.05) is 33.6 Å². The Bertz CT molecular complexity index is 578. The molecule has 0 saturated heterocycles. The zero-order valence-corrected chi connectivity index (χ0v) is 13.9. The summed E-state index contributed by atoms with van der Waals surface area (Å²) in [6.45, 7) is 6.90. The maximum atomic E-state index is 5.89. The number of rotatable bonds is 6. The van der Waals surface area contributed by atoms with E-state index in [9.17, 15) is 0 Å². The first kappa shape index (κ1) is 15.2. The molecule has 2 aromatic rings. The van der Waals surface area contributed by atoms with Crippen LogP contribution in [0.25, 0.3) is 10.8 Å². The van der Waals surface area contributed by atoms with E-state index >= 15 is 0 Å². The third kappa shape index (κ3) is 3.66. The SMILES string of the molecule is Cc1ccc2c(OC(C)C)ccc(OCCCBr)c2c1. The predicted molar refractivity (Wildman–Crippen MR) is 88.4 cm³/mol. The van der Waals surface area contributed by atoms with Crippen LogP contribution >= 0.6 is 15.9 Å². The normalized spacial score (nSPS) is 11.1. The Labute approximate surface area is 129 Å². The molecule has 0 aliphatic carbocycles. The lowest BCUT2D eigenvalue weighted by molar-refractivity contribution is 0.245. The Hall–Kier alpha value is -1.22. The molecule has 0 aromatic heterocycles. The van der Waals surface area contributed by atoms with Crippen molar-refractivity contribution in [2.45, 2.75) is 33.3 Å². The van der Waals surface area contributed by atoms with Crippen molar-refractivity contribution in [2.75, 3.05) is 11.9 Å². The highest BCUT2D eigenvalue weighted by molar-refractivity contribution is 9.09. The van der Waals surface area contributed by atoms with Crippen LogP contribution in [0.4, 0.5) is 0 Å². The molecule has 0 heterocycles. The second kappa shape index (κ2) is 6.98. The topological polar surface area (TPSA) is 18.5 Å². The first-order valence-electron chi connectivity index (χ1n) is 7.00. The van der Waals surface area contributed by atoms with Gasteiger partial charge in [0.15, 0.2) is 0 Å². The molecule has 0 saturated carbocycles. The average Bonchev–Trinajstić information content (AvgIpc) is 2.40. The predicted octanol–water partition coefficient (Wildman–Crippen LogP) is 5.10. The highest BCUT2D eigenvalue weighted by Crippen LogP contribution is 2.34. The fraction of sp³-hybridized carbons (Fsp3) is 0.412. The summed E-state index contributed by atoms with van der Waals surface area (Å²) in [5.74, 6) is 1.85. The molecule has 2 rings (SSSR count). The Kier molecular flexibility index (Phi) is 5.30. The fourth-order valence-corrected chi connectivity index (χ4v) is 2.36. The van der Waals surface area contributed by atoms with Gasteiger partial charge in [0, 0.05) is 16.1 Å². The smallest absolute Gasteiger partial charge is 0.127 e. The zero-order chi connectivity index (χ0) is 14.5. The number of hydrogen-bond donors (Lipinski definition) is 0. The van der Waals surface area contributed by atoms with Crippen LogP contribution in [0.1, 0.15) is 25.8 Å². The van der Waals surface area contributed by atoms with Crippen LogP contribution < -0.4 is 9.47 Å². The van der Waals surface area contributed by atoms with Crippen molar-refractivity contribution in [2.24, 2.45) is 0 Å². The molecule has 108 valence electrons. The van der Waals surface area contributed by atoms with Gasteiger partial charge < -0.3 is 9.47 Å². The van der Waals surface area contributed by atoms with E-state index in [4.69, 9.17) is 9.47 Å². The Balaban J connectivity index is 2.41. The van der Waals surface area contributed by atoms with Crippen molar-refractivity contribution in [3.05, 3.63) is 35.9 Å². The molecule has 0 unspecified atom stereocenters. The summed E-state index contributed by atoms with van der Waals surface area (Å²) >= 11 is 3.42. The van der Waals surface area contributed by atoms with Crippen molar-refractivity contribution in [3.63, 3.8) is 0 Å². The number of ether oxygens (including phenoxy) is 2. The number of alkyl halides is 1. The van der Waals surface area contributed by atoms with E-state index in [2.05, 4.69) is 41.1 Å². The van der Waals surface area contributed by atoms with E-state index in [1.807, 2.05) is 26.0 Å². The Morgan fingerprint density at radius 3 is 2.50 bits per heavy atom. The Morgan fingerprint density at radius 2 is 1.80 bits per heavy atom. The maximum Gasteiger partial charge on any atom is 0.127 e. The van der Waals surface area contributed by atoms with Crippen LogP contribution in [0.5, 0.6) is 11.5 Å². The van der Waals surface area contributed by atoms with E-state index < -0.39 is 0 Å². The van der Waals surface area contributed by atoms with Gasteiger partial charge in [0.05, 0.1) is 12.7 Å². The number of aryl methyl sites for hydroxylation is 1. The molecule has 0 bridgehead atoms. The van der Waals surface area contributed by atoms with Crippen LogP contribution in [0.15, 0.2) is 30.3 Å². The van der Waals surface area contributed by atoms with E-state index in [0.29, 0.717) is 0 Å². The van der Waals surface area contributed by atoms with Crippen molar-refractivity contribution < 1.29 is 9.47 Å². The summed E-state index contributed by atoms with van der Waals surface area (Å²) in [6, 6.07) is 10.4. The molecule has 3 heteroatoms. The van der Waals surface area contributed by atoms with Gasteiger partial charge in [0.1, 0.15) is 11.5 Å². The van der Waals surface area contributed by atoms with Gasteiger partial charge in [-0.3, -0.25) is 0 Å². The second-order valence-electron chi connectivity index (χ2n) is 5.17. The molecule has 0 aliphatic rings. The van der Waals surface area contributed by atoms with Crippen molar-refractivity contribution in [1.29, 1.82) is 0 Å². The van der Waals surface area contributed by atoms with E-state index in [1.54, 1.807) is 0 Å². The van der Waals surface area contributed by atoms with Crippen molar-refractivity contribution >= 4 is 26.7 Å². The molecular formula is C17H21BrO2. The molecular weight excluding hydrogens is 316 g/mol. The first-order chi connectivity index (χ1) is 9.61. The molecule has 0 fully saturated rings. The van der Waals surface area contributed by atoms with Gasteiger partial charge in [-0.05, 0) is 45.4 Å². The molecule has 2 aromatic carbocycles. The van der Waals surface area contributed by atoms with Crippen molar-refractivity contribution in [3.8, 4) is 11.5 Å². The van der Waals surface area contributed by atoms with E-state index in [0.717, 1.165) is 40.6 Å². The zero-order valence-electron chi connectivity index (χ0n) is 12.3. The minimum atomic E-state index is 0.166. The average molecular weight is 337 g/mol. The monoisotopic (exact) mass is 336 g/mol. The van der Waals surface area contributed by atoms with E-state index in [-0.39, 0.29) is 6.10 Å². The highest BCUT2D eigenvalue weighted by atomic mass is 79.9. The summed E-state index contributed by atoms with van der Waals surface area (Å²) in [4.78, 5) is 0. The lowest BCUT2D eigenvalue weighted by atomic mass is 10.1. The summed E-state index contributed by atoms with van der Waals surface area (Å²) in [5.41, 5.74) is 1.23. The van der Waals surface area contributed by atoms with Gasteiger partial charge in [-0.15, -0.1) is 0 Å². The van der Waals surface area contributed by atoms with E-state index in [1.165, 1.54) is 5.56 Å². The van der Waals surface area contributed by atoms with Gasteiger partial charge in [0.2, 0.25) is 0 Å². The first-order valence-corrected chi connectivity index (χ1v) is 8.12. The second-order valence-corrected chi connectivity index (χ2v) is 5.96.